The molecule has 0 unspecified atom stereocenters. The summed E-state index contributed by atoms with van der Waals surface area (Å²) in [5, 5.41) is 59.2. The average Bonchev–Trinajstić information content (AvgIpc) is 2.75. The highest BCUT2D eigenvalue weighted by atomic mass is 16.6. The molecule has 2 aliphatic rings. The summed E-state index contributed by atoms with van der Waals surface area (Å²) in [4.78, 5) is 18.3. The Balaban J connectivity index is 2.39. The predicted octanol–water partition coefficient (Wildman–Crippen LogP) is -5.19. The Morgan fingerprint density at radius 3 is 1.47 bits per heavy atom. The van der Waals surface area contributed by atoms with Crippen LogP contribution >= 0.6 is 0 Å². The van der Waals surface area contributed by atoms with Crippen molar-refractivity contribution in [1.82, 2.24) is 0 Å². The summed E-state index contributed by atoms with van der Waals surface area (Å²) < 4.78 is 20.5. The molecular formula is C15H22N4O11. The molecule has 0 bridgehead atoms. The number of aliphatic hydroxyl groups excluding tert-OH is 6. The summed E-state index contributed by atoms with van der Waals surface area (Å²) in [5.41, 5.74) is 17.1. The highest BCUT2D eigenvalue weighted by molar-refractivity contribution is 5.89. The van der Waals surface area contributed by atoms with Crippen molar-refractivity contribution in [2.24, 2.45) is 0 Å². The third kappa shape index (κ3) is 4.71. The van der Waals surface area contributed by atoms with Crippen molar-refractivity contribution in [3.63, 3.8) is 0 Å². The summed E-state index contributed by atoms with van der Waals surface area (Å²) in [5.74, 6) is -1.04. The van der Waals surface area contributed by atoms with Gasteiger partial charge in [0.15, 0.2) is 30.2 Å². The zero-order chi connectivity index (χ0) is 22.4. The number of rotatable bonds is 8. The number of carbonyl (C=O) groups is 1. The van der Waals surface area contributed by atoms with Gasteiger partial charge in [0, 0.05) is 0 Å². The van der Waals surface area contributed by atoms with Crippen molar-refractivity contribution in [2.75, 3.05) is 13.2 Å². The molecule has 0 amide bonds. The van der Waals surface area contributed by atoms with Crippen LogP contribution < -0.4 is 0 Å². The topological polar surface area (TPSA) is 248 Å². The van der Waals surface area contributed by atoms with Gasteiger partial charge in [-0.15, -0.1) is 9.58 Å². The van der Waals surface area contributed by atoms with E-state index in [1.54, 1.807) is 0 Å². The molecule has 15 nitrogen and oxygen atoms in total. The van der Waals surface area contributed by atoms with Crippen LogP contribution in [-0.2, 0) is 23.7 Å². The van der Waals surface area contributed by atoms with E-state index in [4.69, 9.17) is 30.0 Å². The molecule has 2 fully saturated rings. The monoisotopic (exact) mass is 434 g/mol. The van der Waals surface area contributed by atoms with E-state index in [0.717, 1.165) is 0 Å². The minimum atomic E-state index is -1.78. The van der Waals surface area contributed by atoms with Gasteiger partial charge in [-0.3, -0.25) is 4.79 Å². The lowest BCUT2D eigenvalue weighted by Gasteiger charge is -2.44. The van der Waals surface area contributed by atoms with Crippen molar-refractivity contribution >= 4 is 18.6 Å². The smallest absolute Gasteiger partial charge is 0.429 e. The van der Waals surface area contributed by atoms with E-state index in [9.17, 15) is 35.4 Å². The summed E-state index contributed by atoms with van der Waals surface area (Å²) in [6.07, 6.45) is -15.6. The van der Waals surface area contributed by atoms with E-state index in [-0.39, 0.29) is 0 Å². The number of hydrogen-bond donors (Lipinski definition) is 6. The normalized spacial score (nSPS) is 41.1. The van der Waals surface area contributed by atoms with Gasteiger partial charge in [-0.25, -0.2) is 0 Å². The van der Waals surface area contributed by atoms with Gasteiger partial charge in [0.2, 0.25) is 0 Å². The maximum Gasteiger partial charge on any atom is 0.438 e. The Kier molecular flexibility index (Phi) is 8.52. The Labute approximate surface area is 168 Å². The standard InChI is InChI=1S/C15H22N4O11/c16-18-3-27-12-9(24)7(22)5(1-20)29-14(12)11(26)15-13(28-4-19-17)10(25)8(23)6(2-21)30-15/h3-10,12-15,20-25H,1-2H2/t5-,6-,7+,8+,9+,10+,12-,13-,14+,15+/m1/s1. The zero-order valence-electron chi connectivity index (χ0n) is 15.4. The molecule has 168 valence electrons. The van der Waals surface area contributed by atoms with Crippen molar-refractivity contribution in [3.05, 3.63) is 11.1 Å². The van der Waals surface area contributed by atoms with Crippen LogP contribution in [0.4, 0.5) is 0 Å². The van der Waals surface area contributed by atoms with Gasteiger partial charge < -0.3 is 60.6 Å². The molecule has 2 heterocycles. The molecule has 30 heavy (non-hydrogen) atoms. The third-order valence-electron chi connectivity index (χ3n) is 4.83. The zero-order valence-corrected chi connectivity index (χ0v) is 15.4. The number of ketones is 1. The van der Waals surface area contributed by atoms with Crippen LogP contribution in [0.3, 0.4) is 0 Å². The molecule has 10 atom stereocenters. The lowest BCUT2D eigenvalue weighted by atomic mass is 9.86. The largest absolute Gasteiger partial charge is 0.438 e. The Morgan fingerprint density at radius 1 is 0.800 bits per heavy atom. The quantitative estimate of drug-likeness (QED) is 0.0911. The van der Waals surface area contributed by atoms with E-state index in [0.29, 0.717) is 12.8 Å². The first-order chi connectivity index (χ1) is 14.3. The lowest BCUT2D eigenvalue weighted by molar-refractivity contribution is -0.248. The van der Waals surface area contributed by atoms with Gasteiger partial charge in [0.1, 0.15) is 36.6 Å². The fraction of sp³-hybridized carbons (Fsp3) is 0.800. The predicted molar refractivity (Wildman–Crippen MR) is 89.6 cm³/mol. The van der Waals surface area contributed by atoms with Gasteiger partial charge in [0.25, 0.3) is 0 Å². The summed E-state index contributed by atoms with van der Waals surface area (Å²) in [7, 11) is 0. The maximum atomic E-state index is 13.2. The second kappa shape index (κ2) is 10.7. The van der Waals surface area contributed by atoms with Crippen LogP contribution in [0.5, 0.6) is 0 Å². The molecule has 15 heteroatoms. The van der Waals surface area contributed by atoms with Crippen LogP contribution in [0.1, 0.15) is 0 Å². The molecule has 0 aromatic heterocycles. The summed E-state index contributed by atoms with van der Waals surface area (Å²) in [6, 6.07) is 0. The lowest BCUT2D eigenvalue weighted by Crippen LogP contribution is -2.67. The molecule has 0 spiro atoms. The van der Waals surface area contributed by atoms with Crippen LogP contribution in [-0.4, -0.2) is 133 Å². The summed E-state index contributed by atoms with van der Waals surface area (Å²) in [6.45, 7) is -1.57. The SMILES string of the molecule is [N-]=[N+]=CO[C@@H]1[C@@H](O)[C@@H](O)[C@@H](CO)O[C@H]1C(=O)[C@@H]1O[C@H](CO)[C@H](O)[C@H](O)[C@H]1OC=[N+]=[N-]. The van der Waals surface area contributed by atoms with Crippen molar-refractivity contribution in [1.29, 1.82) is 0 Å². The summed E-state index contributed by atoms with van der Waals surface area (Å²) >= 11 is 0. The van der Waals surface area contributed by atoms with E-state index >= 15 is 0 Å². The molecule has 2 saturated heterocycles. The fourth-order valence-electron chi connectivity index (χ4n) is 3.30. The van der Waals surface area contributed by atoms with Crippen molar-refractivity contribution < 1.29 is 64.0 Å². The average molecular weight is 434 g/mol. The van der Waals surface area contributed by atoms with E-state index in [1.165, 1.54) is 0 Å². The highest BCUT2D eigenvalue weighted by Gasteiger charge is 2.55. The van der Waals surface area contributed by atoms with Crippen LogP contribution in [0.15, 0.2) is 0 Å². The molecule has 0 saturated carbocycles. The Morgan fingerprint density at radius 2 is 1.17 bits per heavy atom. The number of aliphatic hydroxyl groups is 6. The molecule has 0 aromatic carbocycles. The number of Topliss-reactive ketones (excluding diaryl/α,β-unsaturated/α-hetero) is 1. The first kappa shape index (κ1) is 24.0. The van der Waals surface area contributed by atoms with Crippen molar-refractivity contribution in [3.8, 4) is 0 Å². The van der Waals surface area contributed by atoms with Gasteiger partial charge in [-0.1, -0.05) is 0 Å². The van der Waals surface area contributed by atoms with Gasteiger partial charge in [-0.2, -0.15) is 0 Å². The van der Waals surface area contributed by atoms with E-state index < -0.39 is 80.0 Å². The first-order valence-electron chi connectivity index (χ1n) is 8.73. The fourth-order valence-corrected chi connectivity index (χ4v) is 3.30. The van der Waals surface area contributed by atoms with E-state index in [2.05, 4.69) is 9.58 Å². The van der Waals surface area contributed by atoms with Gasteiger partial charge in [0.05, 0.1) is 13.2 Å². The molecule has 2 aliphatic heterocycles. The second-order valence-electron chi connectivity index (χ2n) is 6.56. The number of nitrogens with zero attached hydrogens (tertiary/aromatic N) is 4. The first-order valence-corrected chi connectivity index (χ1v) is 8.73. The minimum absolute atomic E-state index is 0.465. The van der Waals surface area contributed by atoms with E-state index in [1.807, 2.05) is 0 Å². The molecular weight excluding hydrogens is 412 g/mol. The second-order valence-corrected chi connectivity index (χ2v) is 6.56. The Hall–Kier alpha value is -2.29. The molecule has 2 rings (SSSR count). The highest BCUT2D eigenvalue weighted by Crippen LogP contribution is 2.30. The third-order valence-corrected chi connectivity index (χ3v) is 4.83. The van der Waals surface area contributed by atoms with Crippen LogP contribution in [0.2, 0.25) is 0 Å². The molecule has 0 aliphatic carbocycles. The van der Waals surface area contributed by atoms with Crippen LogP contribution in [0.25, 0.3) is 11.1 Å². The number of carbonyl (C=O) groups excluding carboxylic acids is 1. The van der Waals surface area contributed by atoms with Gasteiger partial charge in [-0.05, 0) is 0 Å². The Bertz CT molecular complexity index is 642. The molecule has 6 N–H and O–H groups in total. The maximum absolute atomic E-state index is 13.2. The minimum Gasteiger partial charge on any atom is -0.429 e. The van der Waals surface area contributed by atoms with Gasteiger partial charge >= 0.3 is 12.8 Å². The van der Waals surface area contributed by atoms with Crippen molar-refractivity contribution in [2.45, 2.75) is 61.0 Å². The molecule has 0 radical (unpaired) electrons. The number of ether oxygens (including phenoxy) is 4. The number of hydrogen-bond acceptors (Lipinski definition) is 11. The molecule has 0 aromatic rings. The van der Waals surface area contributed by atoms with Crippen LogP contribution in [0, 0.1) is 0 Å².